The summed E-state index contributed by atoms with van der Waals surface area (Å²) in [5.41, 5.74) is 0. The lowest BCUT2D eigenvalue weighted by atomic mass is 10.1. The third kappa shape index (κ3) is 5.46. The van der Waals surface area contributed by atoms with Gasteiger partial charge in [-0.1, -0.05) is 25.0 Å². The predicted octanol–water partition coefficient (Wildman–Crippen LogP) is 3.96. The van der Waals surface area contributed by atoms with Gasteiger partial charge in [0.25, 0.3) is 11.8 Å². The standard InChI is InChI=1S/C23H25N3O4S2/c27-20(14-24-22(28)19-10-5-13-32-19)26(15-17-8-4-12-31-17)21(18-9-3-11-30-18)23(29)25-16-6-1-2-7-16/h3-5,8-13,16,21H,1-2,6-7,14-15H2,(H,24,28)(H,25,29)/t21-/m1/s1. The number of hydrogen-bond acceptors (Lipinski definition) is 6. The van der Waals surface area contributed by atoms with Gasteiger partial charge in [-0.2, -0.15) is 0 Å². The molecule has 4 rings (SSSR count). The van der Waals surface area contributed by atoms with Crippen LogP contribution < -0.4 is 10.6 Å². The minimum atomic E-state index is -0.918. The molecule has 3 heterocycles. The molecule has 168 valence electrons. The Labute approximate surface area is 194 Å². The van der Waals surface area contributed by atoms with Crippen molar-refractivity contribution >= 4 is 40.4 Å². The number of rotatable bonds is 9. The Morgan fingerprint density at radius 3 is 2.50 bits per heavy atom. The average molecular weight is 472 g/mol. The van der Waals surface area contributed by atoms with Gasteiger partial charge < -0.3 is 20.0 Å². The third-order valence-corrected chi connectivity index (χ3v) is 7.18. The monoisotopic (exact) mass is 471 g/mol. The molecule has 0 unspecified atom stereocenters. The lowest BCUT2D eigenvalue weighted by Gasteiger charge is -2.30. The van der Waals surface area contributed by atoms with Crippen LogP contribution >= 0.6 is 22.7 Å². The topological polar surface area (TPSA) is 91.7 Å². The van der Waals surface area contributed by atoms with Crippen molar-refractivity contribution in [1.29, 1.82) is 0 Å². The normalized spacial score (nSPS) is 14.8. The second kappa shape index (κ2) is 10.6. The maximum absolute atomic E-state index is 13.3. The summed E-state index contributed by atoms with van der Waals surface area (Å²) in [6.07, 6.45) is 5.54. The average Bonchev–Trinajstić information content (AvgIpc) is 3.59. The Balaban J connectivity index is 1.55. The highest BCUT2D eigenvalue weighted by molar-refractivity contribution is 7.12. The molecule has 1 saturated carbocycles. The predicted molar refractivity (Wildman–Crippen MR) is 123 cm³/mol. The zero-order valence-corrected chi connectivity index (χ0v) is 19.1. The SMILES string of the molecule is O=C(NCC(=O)N(Cc1cccs1)[C@@H](C(=O)NC1CCCC1)c1ccco1)c1cccs1. The van der Waals surface area contributed by atoms with E-state index in [9.17, 15) is 14.4 Å². The first kappa shape index (κ1) is 22.3. The van der Waals surface area contributed by atoms with Gasteiger partial charge in [-0.3, -0.25) is 14.4 Å². The van der Waals surface area contributed by atoms with E-state index in [0.29, 0.717) is 10.6 Å². The van der Waals surface area contributed by atoms with Gasteiger partial charge in [-0.25, -0.2) is 0 Å². The highest BCUT2D eigenvalue weighted by atomic mass is 32.1. The fourth-order valence-corrected chi connectivity index (χ4v) is 5.21. The molecule has 3 aromatic rings. The number of nitrogens with one attached hydrogen (secondary N) is 2. The van der Waals surface area contributed by atoms with Crippen molar-refractivity contribution < 1.29 is 18.8 Å². The summed E-state index contributed by atoms with van der Waals surface area (Å²) in [4.78, 5) is 42.0. The number of hydrogen-bond donors (Lipinski definition) is 2. The number of nitrogens with zero attached hydrogens (tertiary/aromatic N) is 1. The Morgan fingerprint density at radius 1 is 1.06 bits per heavy atom. The second-order valence-corrected chi connectivity index (χ2v) is 9.65. The first-order valence-electron chi connectivity index (χ1n) is 10.6. The van der Waals surface area contributed by atoms with Gasteiger partial charge in [0.05, 0.1) is 24.2 Å². The van der Waals surface area contributed by atoms with Crippen LogP contribution in [0.5, 0.6) is 0 Å². The zero-order valence-electron chi connectivity index (χ0n) is 17.5. The molecule has 0 spiro atoms. The van der Waals surface area contributed by atoms with Crippen LogP contribution in [0.2, 0.25) is 0 Å². The van der Waals surface area contributed by atoms with Crippen LogP contribution in [0, 0.1) is 0 Å². The minimum absolute atomic E-state index is 0.109. The van der Waals surface area contributed by atoms with Gasteiger partial charge in [-0.05, 0) is 47.9 Å². The summed E-state index contributed by atoms with van der Waals surface area (Å²) in [6.45, 7) is 0.0326. The number of carbonyl (C=O) groups is 3. The largest absolute Gasteiger partial charge is 0.467 e. The van der Waals surface area contributed by atoms with Gasteiger partial charge in [0.2, 0.25) is 5.91 Å². The molecular formula is C23H25N3O4S2. The van der Waals surface area contributed by atoms with Crippen molar-refractivity contribution in [2.45, 2.75) is 44.3 Å². The fourth-order valence-electron chi connectivity index (χ4n) is 3.87. The van der Waals surface area contributed by atoms with E-state index in [1.165, 1.54) is 33.8 Å². The number of furan rings is 1. The summed E-state index contributed by atoms with van der Waals surface area (Å²) < 4.78 is 5.58. The quantitative estimate of drug-likeness (QED) is 0.494. The van der Waals surface area contributed by atoms with E-state index in [-0.39, 0.29) is 36.9 Å². The number of thiophene rings is 2. The number of carbonyl (C=O) groups excluding carboxylic acids is 3. The molecule has 0 bridgehead atoms. The first-order chi connectivity index (χ1) is 15.6. The molecular weight excluding hydrogens is 446 g/mol. The molecule has 3 amide bonds. The molecule has 1 fully saturated rings. The van der Waals surface area contributed by atoms with Crippen molar-refractivity contribution in [2.24, 2.45) is 0 Å². The second-order valence-electron chi connectivity index (χ2n) is 7.67. The van der Waals surface area contributed by atoms with Crippen LogP contribution in [0.4, 0.5) is 0 Å². The maximum Gasteiger partial charge on any atom is 0.261 e. The smallest absolute Gasteiger partial charge is 0.261 e. The van der Waals surface area contributed by atoms with Crippen LogP contribution in [0.25, 0.3) is 0 Å². The highest BCUT2D eigenvalue weighted by Crippen LogP contribution is 2.27. The van der Waals surface area contributed by atoms with Crippen LogP contribution in [0.15, 0.2) is 57.8 Å². The summed E-state index contributed by atoms with van der Waals surface area (Å²) >= 11 is 2.82. The van der Waals surface area contributed by atoms with E-state index in [0.717, 1.165) is 30.6 Å². The molecule has 3 aromatic heterocycles. The maximum atomic E-state index is 13.3. The van der Waals surface area contributed by atoms with E-state index in [2.05, 4.69) is 10.6 Å². The van der Waals surface area contributed by atoms with E-state index >= 15 is 0 Å². The summed E-state index contributed by atoms with van der Waals surface area (Å²) in [6, 6.07) is 9.91. The van der Waals surface area contributed by atoms with Crippen molar-refractivity contribution in [3.05, 3.63) is 68.9 Å². The van der Waals surface area contributed by atoms with Gasteiger partial charge in [0, 0.05) is 10.9 Å². The molecule has 2 N–H and O–H groups in total. The molecule has 0 radical (unpaired) electrons. The van der Waals surface area contributed by atoms with E-state index in [4.69, 9.17) is 4.42 Å². The van der Waals surface area contributed by atoms with Gasteiger partial charge in [0.1, 0.15) is 5.76 Å². The van der Waals surface area contributed by atoms with Crippen LogP contribution in [0.1, 0.15) is 52.0 Å². The molecule has 1 aliphatic rings. The summed E-state index contributed by atoms with van der Waals surface area (Å²) in [7, 11) is 0. The van der Waals surface area contributed by atoms with Crippen LogP contribution in [-0.4, -0.2) is 35.2 Å². The molecule has 1 aliphatic carbocycles. The molecule has 0 aliphatic heterocycles. The molecule has 1 atom stereocenters. The molecule has 0 saturated heterocycles. The molecule has 9 heteroatoms. The van der Waals surface area contributed by atoms with E-state index < -0.39 is 6.04 Å². The Kier molecular flexibility index (Phi) is 7.39. The summed E-state index contributed by atoms with van der Waals surface area (Å²) in [5.74, 6) is -0.531. The fraction of sp³-hybridized carbons (Fsp3) is 0.348. The highest BCUT2D eigenvalue weighted by Gasteiger charge is 2.35. The van der Waals surface area contributed by atoms with Crippen LogP contribution in [-0.2, 0) is 16.1 Å². The Bertz CT molecular complexity index is 1010. The first-order valence-corrected chi connectivity index (χ1v) is 12.3. The lowest BCUT2D eigenvalue weighted by molar-refractivity contribution is -0.141. The van der Waals surface area contributed by atoms with Crippen molar-refractivity contribution in [3.63, 3.8) is 0 Å². The van der Waals surface area contributed by atoms with Gasteiger partial charge >= 0.3 is 0 Å². The van der Waals surface area contributed by atoms with Gasteiger partial charge in [0.15, 0.2) is 6.04 Å². The van der Waals surface area contributed by atoms with Crippen molar-refractivity contribution in [2.75, 3.05) is 6.54 Å². The molecule has 32 heavy (non-hydrogen) atoms. The summed E-state index contributed by atoms with van der Waals surface area (Å²) in [5, 5.41) is 9.51. The van der Waals surface area contributed by atoms with Crippen molar-refractivity contribution in [3.8, 4) is 0 Å². The third-order valence-electron chi connectivity index (χ3n) is 5.45. The van der Waals surface area contributed by atoms with E-state index in [1.54, 1.807) is 29.6 Å². The number of amides is 3. The zero-order chi connectivity index (χ0) is 22.3. The minimum Gasteiger partial charge on any atom is -0.467 e. The lowest BCUT2D eigenvalue weighted by Crippen LogP contribution is -2.48. The van der Waals surface area contributed by atoms with E-state index in [1.807, 2.05) is 17.5 Å². The van der Waals surface area contributed by atoms with Crippen molar-refractivity contribution in [1.82, 2.24) is 15.5 Å². The Morgan fingerprint density at radius 2 is 1.84 bits per heavy atom. The van der Waals surface area contributed by atoms with Crippen LogP contribution in [0.3, 0.4) is 0 Å². The van der Waals surface area contributed by atoms with Gasteiger partial charge in [-0.15, -0.1) is 22.7 Å². The molecule has 7 nitrogen and oxygen atoms in total. The molecule has 0 aromatic carbocycles. The Hall–Kier alpha value is -2.91.